The van der Waals surface area contributed by atoms with Crippen molar-refractivity contribution >= 4 is 34.2 Å². The molecule has 0 bridgehead atoms. The monoisotopic (exact) mass is 435 g/mol. The van der Waals surface area contributed by atoms with Crippen LogP contribution in [0.25, 0.3) is 11.0 Å². The summed E-state index contributed by atoms with van der Waals surface area (Å²) < 4.78 is 11.3. The van der Waals surface area contributed by atoms with E-state index in [4.69, 9.17) is 9.15 Å². The number of nitrogens with one attached hydrogen (secondary N) is 1. The molecule has 1 aliphatic heterocycles. The van der Waals surface area contributed by atoms with Crippen LogP contribution in [0.1, 0.15) is 31.3 Å². The first kappa shape index (κ1) is 21.7. The first-order valence-electron chi connectivity index (χ1n) is 10.8. The van der Waals surface area contributed by atoms with E-state index in [1.54, 1.807) is 18.1 Å². The fourth-order valence-corrected chi connectivity index (χ4v) is 3.74. The molecule has 2 heterocycles. The Kier molecular flexibility index (Phi) is 5.82. The lowest BCUT2D eigenvalue weighted by Gasteiger charge is -2.36. The van der Waals surface area contributed by atoms with Crippen LogP contribution in [-0.4, -0.2) is 50.0 Å². The second kappa shape index (κ2) is 8.57. The maximum absolute atomic E-state index is 13.4. The molecule has 0 spiro atoms. The molecule has 1 N–H and O–H groups in total. The molecule has 2 aromatic carbocycles. The van der Waals surface area contributed by atoms with Crippen LogP contribution in [0, 0.1) is 5.41 Å². The van der Waals surface area contributed by atoms with Crippen molar-refractivity contribution in [1.82, 2.24) is 4.90 Å². The Hall–Kier alpha value is -3.48. The predicted octanol–water partition coefficient (Wildman–Crippen LogP) is 4.39. The Balaban J connectivity index is 1.55. The van der Waals surface area contributed by atoms with Gasteiger partial charge in [-0.05, 0) is 24.3 Å². The molecule has 0 radical (unpaired) electrons. The van der Waals surface area contributed by atoms with E-state index < -0.39 is 5.41 Å². The van der Waals surface area contributed by atoms with Crippen LogP contribution in [0.15, 0.2) is 52.9 Å². The van der Waals surface area contributed by atoms with E-state index in [0.717, 1.165) is 16.8 Å². The SMILES string of the molecule is COc1cccc(N2CCN(C(=O)c3oc4ccccc4c3NC(=O)C(C)(C)C)CC2)c1. The Morgan fingerprint density at radius 2 is 1.72 bits per heavy atom. The first-order chi connectivity index (χ1) is 15.3. The van der Waals surface area contributed by atoms with Crippen molar-refractivity contribution in [3.8, 4) is 5.75 Å². The summed E-state index contributed by atoms with van der Waals surface area (Å²) in [6, 6.07) is 15.3. The summed E-state index contributed by atoms with van der Waals surface area (Å²) in [6.45, 7) is 8.02. The maximum atomic E-state index is 13.4. The number of hydrogen-bond donors (Lipinski definition) is 1. The average Bonchev–Trinajstić information content (AvgIpc) is 3.16. The number of hydrogen-bond acceptors (Lipinski definition) is 5. The normalized spacial score (nSPS) is 14.5. The van der Waals surface area contributed by atoms with Gasteiger partial charge < -0.3 is 24.3 Å². The number of benzene rings is 2. The van der Waals surface area contributed by atoms with E-state index in [-0.39, 0.29) is 17.6 Å². The minimum atomic E-state index is -0.596. The third-order valence-electron chi connectivity index (χ3n) is 5.69. The van der Waals surface area contributed by atoms with Crippen LogP contribution in [-0.2, 0) is 4.79 Å². The number of carbonyl (C=O) groups is 2. The molecule has 2 amide bonds. The molecule has 7 heteroatoms. The van der Waals surface area contributed by atoms with E-state index in [1.165, 1.54) is 0 Å². The number of nitrogens with zero attached hydrogens (tertiary/aromatic N) is 2. The second-order valence-electron chi connectivity index (χ2n) is 8.99. The fourth-order valence-electron chi connectivity index (χ4n) is 3.74. The summed E-state index contributed by atoms with van der Waals surface area (Å²) in [4.78, 5) is 30.1. The molecule has 3 aromatic rings. The zero-order chi connectivity index (χ0) is 22.9. The third-order valence-corrected chi connectivity index (χ3v) is 5.69. The Morgan fingerprint density at radius 3 is 2.41 bits per heavy atom. The molecule has 1 fully saturated rings. The van der Waals surface area contributed by atoms with Gasteiger partial charge in [-0.15, -0.1) is 0 Å². The number of rotatable bonds is 4. The van der Waals surface area contributed by atoms with Crippen LogP contribution in [0.3, 0.4) is 0 Å². The van der Waals surface area contributed by atoms with Gasteiger partial charge in [-0.3, -0.25) is 9.59 Å². The maximum Gasteiger partial charge on any atom is 0.291 e. The topological polar surface area (TPSA) is 75.0 Å². The van der Waals surface area contributed by atoms with Crippen molar-refractivity contribution in [3.05, 3.63) is 54.3 Å². The Bertz CT molecular complexity index is 1140. The van der Waals surface area contributed by atoms with Gasteiger partial charge in [0.05, 0.1) is 7.11 Å². The van der Waals surface area contributed by atoms with Crippen molar-refractivity contribution in [2.75, 3.05) is 43.5 Å². The highest BCUT2D eigenvalue weighted by Crippen LogP contribution is 2.33. The minimum Gasteiger partial charge on any atom is -0.497 e. The van der Waals surface area contributed by atoms with E-state index >= 15 is 0 Å². The molecule has 0 unspecified atom stereocenters. The van der Waals surface area contributed by atoms with Gasteiger partial charge in [0.15, 0.2) is 0 Å². The van der Waals surface area contributed by atoms with E-state index in [9.17, 15) is 9.59 Å². The number of methoxy groups -OCH3 is 1. The molecular weight excluding hydrogens is 406 g/mol. The standard InChI is InChI=1S/C25H29N3O4/c1-25(2,3)24(30)26-21-19-10-5-6-11-20(19)32-22(21)23(29)28-14-12-27(13-15-28)17-8-7-9-18(16-17)31-4/h5-11,16H,12-15H2,1-4H3,(H,26,30). The fraction of sp³-hybridized carbons (Fsp3) is 0.360. The van der Waals surface area contributed by atoms with Gasteiger partial charge in [-0.25, -0.2) is 0 Å². The van der Waals surface area contributed by atoms with E-state index in [2.05, 4.69) is 10.2 Å². The number of furan rings is 1. The Labute approximate surface area is 187 Å². The highest BCUT2D eigenvalue weighted by molar-refractivity contribution is 6.11. The largest absolute Gasteiger partial charge is 0.497 e. The van der Waals surface area contributed by atoms with Crippen molar-refractivity contribution in [3.63, 3.8) is 0 Å². The van der Waals surface area contributed by atoms with E-state index in [0.29, 0.717) is 37.4 Å². The number of amides is 2. The smallest absolute Gasteiger partial charge is 0.291 e. The van der Waals surface area contributed by atoms with Crippen LogP contribution < -0.4 is 15.0 Å². The summed E-state index contributed by atoms with van der Waals surface area (Å²) in [5, 5.41) is 3.66. The lowest BCUT2D eigenvalue weighted by molar-refractivity contribution is -0.123. The highest BCUT2D eigenvalue weighted by Gasteiger charge is 2.31. The van der Waals surface area contributed by atoms with Gasteiger partial charge in [0.2, 0.25) is 11.7 Å². The zero-order valence-corrected chi connectivity index (χ0v) is 19.0. The van der Waals surface area contributed by atoms with Crippen molar-refractivity contribution < 1.29 is 18.7 Å². The molecule has 1 aliphatic rings. The number of para-hydroxylation sites is 1. The molecule has 4 rings (SSSR count). The van der Waals surface area contributed by atoms with E-state index in [1.807, 2.05) is 63.2 Å². The molecule has 0 saturated carbocycles. The number of fused-ring (bicyclic) bond motifs is 1. The van der Waals surface area contributed by atoms with Gasteiger partial charge in [0.1, 0.15) is 17.0 Å². The molecule has 1 saturated heterocycles. The summed E-state index contributed by atoms with van der Waals surface area (Å²) in [5.74, 6) is 0.609. The second-order valence-corrected chi connectivity index (χ2v) is 8.99. The number of ether oxygens (including phenoxy) is 1. The molecular formula is C25H29N3O4. The molecule has 0 atom stereocenters. The number of anilines is 2. The highest BCUT2D eigenvalue weighted by atomic mass is 16.5. The first-order valence-corrected chi connectivity index (χ1v) is 10.8. The van der Waals surface area contributed by atoms with Crippen LogP contribution in [0.5, 0.6) is 5.75 Å². The average molecular weight is 436 g/mol. The van der Waals surface area contributed by atoms with Gasteiger partial charge in [0.25, 0.3) is 5.91 Å². The van der Waals surface area contributed by atoms with Crippen molar-refractivity contribution in [1.29, 1.82) is 0 Å². The predicted molar refractivity (Wildman–Crippen MR) is 125 cm³/mol. The molecule has 1 aromatic heterocycles. The molecule has 7 nitrogen and oxygen atoms in total. The molecule has 168 valence electrons. The summed E-state index contributed by atoms with van der Waals surface area (Å²) in [6.07, 6.45) is 0. The molecule has 0 aliphatic carbocycles. The quantitative estimate of drug-likeness (QED) is 0.658. The minimum absolute atomic E-state index is 0.166. The van der Waals surface area contributed by atoms with Crippen LogP contribution >= 0.6 is 0 Å². The van der Waals surface area contributed by atoms with Gasteiger partial charge >= 0.3 is 0 Å². The zero-order valence-electron chi connectivity index (χ0n) is 19.0. The van der Waals surface area contributed by atoms with Gasteiger partial charge in [-0.2, -0.15) is 0 Å². The summed E-state index contributed by atoms with van der Waals surface area (Å²) >= 11 is 0. The summed E-state index contributed by atoms with van der Waals surface area (Å²) in [7, 11) is 1.65. The van der Waals surface area contributed by atoms with Crippen LogP contribution in [0.2, 0.25) is 0 Å². The van der Waals surface area contributed by atoms with Gasteiger partial charge in [-0.1, -0.05) is 39.0 Å². The van der Waals surface area contributed by atoms with Crippen LogP contribution in [0.4, 0.5) is 11.4 Å². The lowest BCUT2D eigenvalue weighted by Crippen LogP contribution is -2.48. The molecule has 32 heavy (non-hydrogen) atoms. The number of piperazine rings is 1. The Morgan fingerprint density at radius 1 is 1.00 bits per heavy atom. The van der Waals surface area contributed by atoms with Crippen molar-refractivity contribution in [2.24, 2.45) is 5.41 Å². The number of carbonyl (C=O) groups excluding carboxylic acids is 2. The lowest BCUT2D eigenvalue weighted by atomic mass is 9.95. The van der Waals surface area contributed by atoms with Crippen molar-refractivity contribution in [2.45, 2.75) is 20.8 Å². The third kappa shape index (κ3) is 4.28. The van der Waals surface area contributed by atoms with Gasteiger partial charge in [0, 0.05) is 48.7 Å². The summed E-state index contributed by atoms with van der Waals surface area (Å²) in [5.41, 5.74) is 1.50.